The molecule has 0 fully saturated rings. The van der Waals surface area contributed by atoms with Crippen LogP contribution in [0.1, 0.15) is 33.3 Å². The van der Waals surface area contributed by atoms with Gasteiger partial charge in [0.2, 0.25) is 11.5 Å². The van der Waals surface area contributed by atoms with Gasteiger partial charge in [0.05, 0.1) is 18.3 Å². The normalized spacial score (nSPS) is 11.8. The number of hydrogen-bond donors (Lipinski definition) is 2. The van der Waals surface area contributed by atoms with E-state index >= 15 is 0 Å². The summed E-state index contributed by atoms with van der Waals surface area (Å²) >= 11 is 6.00. The molecule has 34 heavy (non-hydrogen) atoms. The zero-order valence-corrected chi connectivity index (χ0v) is 20.1. The average Bonchev–Trinajstić information content (AvgIpc) is 2.77. The zero-order chi connectivity index (χ0) is 25.0. The van der Waals surface area contributed by atoms with E-state index in [2.05, 4.69) is 10.3 Å². The fourth-order valence-corrected chi connectivity index (χ4v) is 3.17. The van der Waals surface area contributed by atoms with Crippen LogP contribution in [-0.2, 0) is 11.3 Å². The fraction of sp³-hybridized carbons (Fsp3) is 0.292. The molecule has 2 aromatic carbocycles. The van der Waals surface area contributed by atoms with Gasteiger partial charge in [-0.1, -0.05) is 37.6 Å². The van der Waals surface area contributed by atoms with E-state index in [4.69, 9.17) is 22.2 Å². The first-order chi connectivity index (χ1) is 16.0. The van der Waals surface area contributed by atoms with Crippen molar-refractivity contribution in [1.29, 1.82) is 0 Å². The van der Waals surface area contributed by atoms with Crippen molar-refractivity contribution < 1.29 is 13.9 Å². The van der Waals surface area contributed by atoms with Gasteiger partial charge >= 0.3 is 0 Å². The quantitative estimate of drug-likeness (QED) is 0.494. The molecule has 10 heteroatoms. The number of amides is 1. The van der Waals surface area contributed by atoms with Crippen LogP contribution >= 0.6 is 11.6 Å². The molecule has 3 rings (SSSR count). The van der Waals surface area contributed by atoms with E-state index < -0.39 is 11.4 Å². The Bertz CT molecular complexity index is 1310. The summed E-state index contributed by atoms with van der Waals surface area (Å²) in [5.74, 6) is 5.12. The summed E-state index contributed by atoms with van der Waals surface area (Å²) in [4.78, 5) is 29.5. The predicted molar refractivity (Wildman–Crippen MR) is 130 cm³/mol. The SMILES string of the molecule is CC(C)Oc1ccc(N=c2n(Cc3ccc(Cl)cc3)c(NC(=O)C(C)C)cc(=O)n2N)cc1F. The van der Waals surface area contributed by atoms with Gasteiger partial charge in [-0.2, -0.15) is 4.68 Å². The molecule has 0 aliphatic rings. The number of carbonyl (C=O) groups is 1. The molecule has 0 bridgehead atoms. The van der Waals surface area contributed by atoms with Crippen LogP contribution in [-0.4, -0.2) is 21.3 Å². The van der Waals surface area contributed by atoms with Crippen LogP contribution in [0.5, 0.6) is 5.75 Å². The third-order valence-electron chi connectivity index (χ3n) is 4.78. The highest BCUT2D eigenvalue weighted by Crippen LogP contribution is 2.23. The maximum absolute atomic E-state index is 14.6. The Labute approximate surface area is 201 Å². The smallest absolute Gasteiger partial charge is 0.275 e. The van der Waals surface area contributed by atoms with Gasteiger partial charge in [-0.05, 0) is 43.7 Å². The molecule has 0 spiro atoms. The molecule has 0 unspecified atom stereocenters. The number of nitrogens with two attached hydrogens (primary N) is 1. The Balaban J connectivity index is 2.20. The van der Waals surface area contributed by atoms with Gasteiger partial charge in [-0.25, -0.2) is 9.38 Å². The largest absolute Gasteiger partial charge is 0.488 e. The number of nitrogen functional groups attached to an aromatic ring is 1. The zero-order valence-electron chi connectivity index (χ0n) is 19.4. The number of ether oxygens (including phenoxy) is 1. The van der Waals surface area contributed by atoms with E-state index in [-0.39, 0.29) is 47.3 Å². The maximum atomic E-state index is 14.6. The van der Waals surface area contributed by atoms with E-state index in [0.29, 0.717) is 5.02 Å². The molecule has 3 N–H and O–H groups in total. The first-order valence-electron chi connectivity index (χ1n) is 10.7. The highest BCUT2D eigenvalue weighted by atomic mass is 35.5. The van der Waals surface area contributed by atoms with Gasteiger partial charge in [-0.15, -0.1) is 0 Å². The minimum atomic E-state index is -0.602. The lowest BCUT2D eigenvalue weighted by molar-refractivity contribution is -0.118. The van der Waals surface area contributed by atoms with E-state index in [9.17, 15) is 14.0 Å². The number of carbonyl (C=O) groups excluding carboxylic acids is 1. The van der Waals surface area contributed by atoms with Crippen molar-refractivity contribution in [2.75, 3.05) is 11.2 Å². The van der Waals surface area contributed by atoms with Crippen LogP contribution < -0.4 is 27.1 Å². The van der Waals surface area contributed by atoms with E-state index in [1.54, 1.807) is 62.6 Å². The van der Waals surface area contributed by atoms with E-state index in [0.717, 1.165) is 10.2 Å². The van der Waals surface area contributed by atoms with Gasteiger partial charge in [0.25, 0.3) is 5.56 Å². The molecule has 1 aromatic heterocycles. The van der Waals surface area contributed by atoms with Crippen LogP contribution in [0.25, 0.3) is 0 Å². The number of hydrogen-bond acceptors (Lipinski definition) is 5. The first kappa shape index (κ1) is 25.0. The van der Waals surface area contributed by atoms with Crippen LogP contribution in [0, 0.1) is 11.7 Å². The number of anilines is 1. The Morgan fingerprint density at radius 1 is 1.15 bits per heavy atom. The summed E-state index contributed by atoms with van der Waals surface area (Å²) in [6.45, 7) is 7.26. The maximum Gasteiger partial charge on any atom is 0.275 e. The molecule has 180 valence electrons. The molecule has 0 saturated heterocycles. The lowest BCUT2D eigenvalue weighted by atomic mass is 10.2. The first-order valence-corrected chi connectivity index (χ1v) is 11.1. The molecule has 8 nitrogen and oxygen atoms in total. The van der Waals surface area contributed by atoms with Gasteiger partial charge < -0.3 is 15.9 Å². The number of nitrogens with one attached hydrogen (secondary N) is 1. The second kappa shape index (κ2) is 10.6. The van der Waals surface area contributed by atoms with Gasteiger partial charge in [0.15, 0.2) is 11.6 Å². The van der Waals surface area contributed by atoms with Crippen molar-refractivity contribution in [2.45, 2.75) is 40.3 Å². The van der Waals surface area contributed by atoms with Crippen molar-refractivity contribution in [3.05, 3.63) is 80.9 Å². The molecular formula is C24H27ClFN5O3. The number of aromatic nitrogens is 2. The second-order valence-corrected chi connectivity index (χ2v) is 8.72. The van der Waals surface area contributed by atoms with Crippen molar-refractivity contribution in [1.82, 2.24) is 9.24 Å². The molecular weight excluding hydrogens is 461 g/mol. The minimum absolute atomic E-state index is 0.0124. The summed E-state index contributed by atoms with van der Waals surface area (Å²) in [6.07, 6.45) is -0.200. The van der Waals surface area contributed by atoms with Crippen molar-refractivity contribution in [3.63, 3.8) is 0 Å². The predicted octanol–water partition coefficient (Wildman–Crippen LogP) is 3.82. The molecule has 3 aromatic rings. The number of halogens is 2. The highest BCUT2D eigenvalue weighted by molar-refractivity contribution is 6.30. The molecule has 0 aliphatic heterocycles. The summed E-state index contributed by atoms with van der Waals surface area (Å²) in [7, 11) is 0. The Morgan fingerprint density at radius 3 is 2.41 bits per heavy atom. The monoisotopic (exact) mass is 487 g/mol. The Kier molecular flexibility index (Phi) is 7.78. The van der Waals surface area contributed by atoms with Crippen LogP contribution in [0.3, 0.4) is 0 Å². The van der Waals surface area contributed by atoms with E-state index in [1.165, 1.54) is 18.2 Å². The number of benzene rings is 2. The lowest BCUT2D eigenvalue weighted by Gasteiger charge is -2.18. The Morgan fingerprint density at radius 2 is 1.82 bits per heavy atom. The standard InChI is InChI=1S/C24H27ClFN5O3/c1-14(2)23(33)29-21-12-22(32)31(27)24(30(21)13-16-5-7-17(25)8-6-16)28-18-9-10-20(19(26)11-18)34-15(3)4/h5-12,14-15H,13,27H2,1-4H3,(H,29,33). The van der Waals surface area contributed by atoms with Crippen molar-refractivity contribution in [3.8, 4) is 5.75 Å². The molecule has 0 atom stereocenters. The Hall–Kier alpha value is -3.59. The molecule has 0 aliphatic carbocycles. The van der Waals surface area contributed by atoms with Crippen molar-refractivity contribution in [2.24, 2.45) is 10.9 Å². The van der Waals surface area contributed by atoms with E-state index in [1.807, 2.05) is 0 Å². The van der Waals surface area contributed by atoms with Gasteiger partial charge in [-0.3, -0.25) is 14.2 Å². The number of rotatable bonds is 7. The molecule has 0 radical (unpaired) electrons. The second-order valence-electron chi connectivity index (χ2n) is 8.29. The van der Waals surface area contributed by atoms with Crippen LogP contribution in [0.4, 0.5) is 15.9 Å². The van der Waals surface area contributed by atoms with Gasteiger partial charge in [0.1, 0.15) is 5.82 Å². The third kappa shape index (κ3) is 6.05. The van der Waals surface area contributed by atoms with Crippen LogP contribution in [0.2, 0.25) is 5.02 Å². The molecule has 0 saturated carbocycles. The third-order valence-corrected chi connectivity index (χ3v) is 5.03. The van der Waals surface area contributed by atoms with Gasteiger partial charge in [0, 0.05) is 23.1 Å². The summed E-state index contributed by atoms with van der Waals surface area (Å²) in [5.41, 5.74) is 0.449. The molecule has 1 amide bonds. The van der Waals surface area contributed by atoms with Crippen LogP contribution in [0.15, 0.2) is 58.3 Å². The fourth-order valence-electron chi connectivity index (χ4n) is 3.04. The molecule has 1 heterocycles. The average molecular weight is 488 g/mol. The highest BCUT2D eigenvalue weighted by Gasteiger charge is 2.15. The summed E-state index contributed by atoms with van der Waals surface area (Å²) < 4.78 is 22.4. The minimum Gasteiger partial charge on any atom is -0.488 e. The number of nitrogens with zero attached hydrogens (tertiary/aromatic N) is 3. The lowest BCUT2D eigenvalue weighted by Crippen LogP contribution is -2.46. The topological polar surface area (TPSA) is 104 Å². The summed E-state index contributed by atoms with van der Waals surface area (Å²) in [5, 5.41) is 3.32. The summed E-state index contributed by atoms with van der Waals surface area (Å²) in [6, 6.07) is 12.5. The van der Waals surface area contributed by atoms with Crippen molar-refractivity contribution >= 4 is 29.0 Å².